The van der Waals surface area contributed by atoms with Crippen molar-refractivity contribution in [1.29, 1.82) is 0 Å². The Balaban J connectivity index is 2.40. The molecule has 22 heavy (non-hydrogen) atoms. The summed E-state index contributed by atoms with van der Waals surface area (Å²) in [5.74, 6) is -1.92. The maximum absolute atomic E-state index is 12.4. The van der Waals surface area contributed by atoms with Crippen LogP contribution in [0.5, 0.6) is 0 Å². The van der Waals surface area contributed by atoms with Gasteiger partial charge in [0.05, 0.1) is 14.2 Å². The number of ether oxygens (including phenoxy) is 2. The third-order valence-electron chi connectivity index (χ3n) is 4.62. The maximum Gasteiger partial charge on any atom is 0.318 e. The molecule has 0 aromatic carbocycles. The van der Waals surface area contributed by atoms with Crippen molar-refractivity contribution in [2.24, 2.45) is 5.92 Å². The Hall–Kier alpha value is -2.11. The molecule has 0 aliphatic carbocycles. The third-order valence-corrected chi connectivity index (χ3v) is 4.62. The summed E-state index contributed by atoms with van der Waals surface area (Å²) in [6.45, 7) is 2.00. The SMILES string of the molecule is CCC1(CCC(=O)OC)C[C@@H](C(=O)OC)C(=O)n2cccc21. The Kier molecular flexibility index (Phi) is 4.68. The van der Waals surface area contributed by atoms with E-state index < -0.39 is 17.3 Å². The highest BCUT2D eigenvalue weighted by molar-refractivity contribution is 6.00. The van der Waals surface area contributed by atoms with E-state index in [0.717, 1.165) is 12.1 Å². The molecule has 1 aliphatic rings. The van der Waals surface area contributed by atoms with E-state index in [1.165, 1.54) is 18.8 Å². The Morgan fingerprint density at radius 1 is 1.36 bits per heavy atom. The van der Waals surface area contributed by atoms with Crippen LogP contribution in [-0.4, -0.2) is 36.6 Å². The molecule has 0 spiro atoms. The van der Waals surface area contributed by atoms with Gasteiger partial charge in [0.1, 0.15) is 5.92 Å². The molecule has 1 aromatic rings. The van der Waals surface area contributed by atoms with Crippen molar-refractivity contribution in [3.05, 3.63) is 24.0 Å². The molecule has 2 heterocycles. The first-order chi connectivity index (χ1) is 10.5. The van der Waals surface area contributed by atoms with Crippen molar-refractivity contribution in [3.63, 3.8) is 0 Å². The van der Waals surface area contributed by atoms with Crippen LogP contribution in [0.3, 0.4) is 0 Å². The van der Waals surface area contributed by atoms with Crippen molar-refractivity contribution < 1.29 is 23.9 Å². The third kappa shape index (κ3) is 2.65. The average molecular weight is 307 g/mol. The first-order valence-electron chi connectivity index (χ1n) is 7.35. The molecular weight excluding hydrogens is 286 g/mol. The number of nitrogens with zero attached hydrogens (tertiary/aromatic N) is 1. The number of rotatable bonds is 5. The standard InChI is InChI=1S/C16H21NO5/c1-4-16(8-7-13(18)21-2)10-11(15(20)22-3)14(19)17-9-5-6-12(16)17/h5-6,9,11H,4,7-8,10H2,1-3H3/t11-,16?/m1/s1. The van der Waals surface area contributed by atoms with Gasteiger partial charge in [0.25, 0.3) is 0 Å². The van der Waals surface area contributed by atoms with E-state index in [9.17, 15) is 14.4 Å². The Morgan fingerprint density at radius 3 is 2.68 bits per heavy atom. The molecule has 0 fully saturated rings. The van der Waals surface area contributed by atoms with E-state index >= 15 is 0 Å². The number of hydrogen-bond donors (Lipinski definition) is 0. The first kappa shape index (κ1) is 16.3. The van der Waals surface area contributed by atoms with Crippen LogP contribution >= 0.6 is 0 Å². The molecule has 2 rings (SSSR count). The van der Waals surface area contributed by atoms with E-state index in [1.54, 1.807) is 12.3 Å². The van der Waals surface area contributed by atoms with Gasteiger partial charge in [0.15, 0.2) is 0 Å². The first-order valence-corrected chi connectivity index (χ1v) is 7.35. The summed E-state index contributed by atoms with van der Waals surface area (Å²) >= 11 is 0. The average Bonchev–Trinajstić information content (AvgIpc) is 3.04. The van der Waals surface area contributed by atoms with Gasteiger partial charge in [0, 0.05) is 23.7 Å². The number of fused-ring (bicyclic) bond motifs is 1. The molecule has 0 bridgehead atoms. The zero-order valence-corrected chi connectivity index (χ0v) is 13.1. The Labute approximate surface area is 129 Å². The van der Waals surface area contributed by atoms with Gasteiger partial charge in [-0.2, -0.15) is 0 Å². The second-order valence-electron chi connectivity index (χ2n) is 5.59. The quantitative estimate of drug-likeness (QED) is 0.614. The number of hydrogen-bond acceptors (Lipinski definition) is 5. The summed E-state index contributed by atoms with van der Waals surface area (Å²) in [4.78, 5) is 35.9. The predicted octanol–water partition coefficient (Wildman–Crippen LogP) is 1.92. The highest BCUT2D eigenvalue weighted by Gasteiger charge is 2.46. The monoisotopic (exact) mass is 307 g/mol. The van der Waals surface area contributed by atoms with Crippen molar-refractivity contribution in [2.45, 2.75) is 38.0 Å². The van der Waals surface area contributed by atoms with Crippen molar-refractivity contribution in [2.75, 3.05) is 14.2 Å². The Morgan fingerprint density at radius 2 is 2.09 bits per heavy atom. The summed E-state index contributed by atoms with van der Waals surface area (Å²) in [6, 6.07) is 3.67. The topological polar surface area (TPSA) is 74.6 Å². The molecule has 1 aromatic heterocycles. The van der Waals surface area contributed by atoms with Crippen LogP contribution in [0.2, 0.25) is 0 Å². The van der Waals surface area contributed by atoms with Crippen LogP contribution in [-0.2, 0) is 24.5 Å². The maximum atomic E-state index is 12.4. The molecular formula is C16H21NO5. The molecule has 1 aliphatic heterocycles. The highest BCUT2D eigenvalue weighted by atomic mass is 16.5. The number of carbonyl (C=O) groups is 3. The van der Waals surface area contributed by atoms with Gasteiger partial charge in [-0.1, -0.05) is 6.92 Å². The zero-order chi connectivity index (χ0) is 16.3. The number of aromatic nitrogens is 1. The van der Waals surface area contributed by atoms with Gasteiger partial charge >= 0.3 is 11.9 Å². The fourth-order valence-corrected chi connectivity index (χ4v) is 3.26. The van der Waals surface area contributed by atoms with Crippen LogP contribution < -0.4 is 0 Å². The fraction of sp³-hybridized carbons (Fsp3) is 0.562. The highest BCUT2D eigenvalue weighted by Crippen LogP contribution is 2.43. The van der Waals surface area contributed by atoms with Crippen LogP contribution in [0.4, 0.5) is 0 Å². The molecule has 0 saturated carbocycles. The lowest BCUT2D eigenvalue weighted by Gasteiger charge is -2.39. The van der Waals surface area contributed by atoms with E-state index in [0.29, 0.717) is 12.8 Å². The molecule has 120 valence electrons. The van der Waals surface area contributed by atoms with Gasteiger partial charge in [-0.25, -0.2) is 0 Å². The van der Waals surface area contributed by atoms with E-state index in [1.807, 2.05) is 13.0 Å². The summed E-state index contributed by atoms with van der Waals surface area (Å²) in [5, 5.41) is 0. The van der Waals surface area contributed by atoms with Crippen LogP contribution in [0, 0.1) is 5.92 Å². The molecule has 1 unspecified atom stereocenters. The normalized spacial score (nSPS) is 23.8. The Bertz CT molecular complexity index is 591. The largest absolute Gasteiger partial charge is 0.469 e. The predicted molar refractivity (Wildman–Crippen MR) is 78.4 cm³/mol. The number of carbonyl (C=O) groups excluding carboxylic acids is 3. The minimum atomic E-state index is -0.831. The van der Waals surface area contributed by atoms with Gasteiger partial charge in [-0.15, -0.1) is 0 Å². The van der Waals surface area contributed by atoms with Crippen molar-refractivity contribution >= 4 is 17.8 Å². The minimum Gasteiger partial charge on any atom is -0.469 e. The van der Waals surface area contributed by atoms with Crippen LogP contribution in [0.1, 0.15) is 43.1 Å². The lowest BCUT2D eigenvalue weighted by atomic mass is 9.69. The molecule has 0 saturated heterocycles. The smallest absolute Gasteiger partial charge is 0.318 e. The molecule has 0 amide bonds. The summed E-state index contributed by atoms with van der Waals surface area (Å²) in [5.41, 5.74) is 0.439. The van der Waals surface area contributed by atoms with E-state index in [2.05, 4.69) is 0 Å². The van der Waals surface area contributed by atoms with Crippen LogP contribution in [0.25, 0.3) is 0 Å². The summed E-state index contributed by atoms with van der Waals surface area (Å²) in [6.07, 6.45) is 3.51. The second kappa shape index (κ2) is 6.34. The molecule has 0 N–H and O–H groups in total. The molecule has 6 nitrogen and oxygen atoms in total. The zero-order valence-electron chi connectivity index (χ0n) is 13.1. The van der Waals surface area contributed by atoms with Gasteiger partial charge < -0.3 is 9.47 Å². The van der Waals surface area contributed by atoms with Gasteiger partial charge in [-0.05, 0) is 31.4 Å². The lowest BCUT2D eigenvalue weighted by molar-refractivity contribution is -0.144. The van der Waals surface area contributed by atoms with Crippen molar-refractivity contribution in [3.8, 4) is 0 Å². The second-order valence-corrected chi connectivity index (χ2v) is 5.59. The van der Waals surface area contributed by atoms with E-state index in [-0.39, 0.29) is 18.3 Å². The summed E-state index contributed by atoms with van der Waals surface area (Å²) < 4.78 is 11.0. The van der Waals surface area contributed by atoms with Crippen molar-refractivity contribution in [1.82, 2.24) is 4.57 Å². The number of esters is 2. The molecule has 0 radical (unpaired) electrons. The van der Waals surface area contributed by atoms with Gasteiger partial charge in [-0.3, -0.25) is 19.0 Å². The minimum absolute atomic E-state index is 0.248. The molecule has 2 atom stereocenters. The summed E-state index contributed by atoms with van der Waals surface area (Å²) in [7, 11) is 2.63. The van der Waals surface area contributed by atoms with Gasteiger partial charge in [0.2, 0.25) is 5.91 Å². The van der Waals surface area contributed by atoms with Crippen LogP contribution in [0.15, 0.2) is 18.3 Å². The molecule has 6 heteroatoms. The number of methoxy groups -OCH3 is 2. The van der Waals surface area contributed by atoms with E-state index in [4.69, 9.17) is 9.47 Å². The fourth-order valence-electron chi connectivity index (χ4n) is 3.26. The lowest BCUT2D eigenvalue weighted by Crippen LogP contribution is -2.45.